The molecule has 7 heterocycles. The number of anilines is 6. The summed E-state index contributed by atoms with van der Waals surface area (Å²) in [4.78, 5) is 136. The van der Waals surface area contributed by atoms with Gasteiger partial charge in [0, 0.05) is 106 Å². The zero-order chi connectivity index (χ0) is 95.6. The molecule has 6 aromatic carbocycles. The molecule has 0 aliphatic carbocycles. The Bertz CT molecular complexity index is 5400. The molecular weight excluding hydrogens is 1810 g/mol. The molecule has 133 heavy (non-hydrogen) atoms. The zero-order valence-electron chi connectivity index (χ0n) is 76.4. The van der Waals surface area contributed by atoms with Crippen LogP contribution < -0.4 is 58.1 Å². The summed E-state index contributed by atoms with van der Waals surface area (Å²) >= 11 is 3.20. The van der Waals surface area contributed by atoms with Crippen LogP contribution in [0.5, 0.6) is 17.2 Å². The van der Waals surface area contributed by atoms with Gasteiger partial charge in [-0.05, 0) is 125 Å². The second-order valence-corrected chi connectivity index (χ2v) is 32.7. The van der Waals surface area contributed by atoms with E-state index in [9.17, 15) is 48.4 Å². The number of nitrogens with two attached hydrogens (primary N) is 3. The molecule has 39 nitrogen and oxygen atoms in total. The molecule has 0 saturated carbocycles. The molecule has 4 aliphatic heterocycles. The standard InChI is InChI=1S/C32H42BBrN6O9.C32H40N6O7.C27H32N6O5.ClH/c1-32(2,3)49-31(43)40(5)20-22-7-6-8-24(37-29(41)26-28(35)36-19-25(34)38-26)27(22)48-18-17-47-16-15-46-14-13-39(4)30(42)21-9-11-23(12-10-21)33(44)45;1-32(2,3)45-31(41)38(5)20-23-7-6-8-24-27(23)44-18-17-43-16-15-42-14-13-37(4)30(40)22-11-9-21(10-12-22)25-19-34-28(33)26(35-25)29(39)36-24;1-29-16-20-4-3-5-21-24(20)38-15-14-37-13-12-36-11-10-33(2)27(35)19-8-6-18(7-9-19)22-17-30-25(28)23(31-22)26(34)32-21;/h6-12,19,44-45H,13-18,20H2,1-5H3,(H2,35,36)(H,37,41);6-12,19H,13-18,20H2,1-5H3,(H2,33,34)(H,36,39);3-9,17,29H,10-16H2,1-2H3,(H2,28,30)(H,32,34);1H. The number of nitrogen functional groups attached to an aromatic ring is 3. The van der Waals surface area contributed by atoms with Crippen LogP contribution >= 0.6 is 28.3 Å². The first-order valence-corrected chi connectivity index (χ1v) is 43.0. The quantitative estimate of drug-likeness (QED) is 0.0195. The maximum atomic E-state index is 13.5. The van der Waals surface area contributed by atoms with E-state index in [1.165, 1.54) is 57.6 Å². The van der Waals surface area contributed by atoms with Crippen molar-refractivity contribution in [3.63, 3.8) is 0 Å². The van der Waals surface area contributed by atoms with Crippen molar-refractivity contribution >= 4 is 123 Å². The number of ether oxygens (including phenoxy) is 11. The molecular formula is C91H115BBrClN18O21. The Morgan fingerprint density at radius 3 is 1.44 bits per heavy atom. The van der Waals surface area contributed by atoms with Gasteiger partial charge in [-0.3, -0.25) is 28.8 Å². The number of benzene rings is 6. The van der Waals surface area contributed by atoms with Gasteiger partial charge in [-0.1, -0.05) is 72.8 Å². The van der Waals surface area contributed by atoms with Crippen molar-refractivity contribution in [2.45, 2.75) is 72.4 Å². The number of rotatable bonds is 20. The monoisotopic (exact) mass is 1920 g/mol. The normalized spacial score (nSPS) is 13.7. The van der Waals surface area contributed by atoms with E-state index in [1.807, 2.05) is 19.2 Å². The molecule has 13 rings (SSSR count). The third kappa shape index (κ3) is 32.9. The predicted octanol–water partition coefficient (Wildman–Crippen LogP) is 8.76. The van der Waals surface area contributed by atoms with Gasteiger partial charge in [0.25, 0.3) is 35.4 Å². The van der Waals surface area contributed by atoms with E-state index in [1.54, 1.807) is 178 Å². The first-order valence-electron chi connectivity index (χ1n) is 42.2. The van der Waals surface area contributed by atoms with Gasteiger partial charge in [-0.25, -0.2) is 39.5 Å². The minimum absolute atomic E-state index is 0. The molecule has 12 N–H and O–H groups in total. The number of hydrogen-bond donors (Lipinski definition) is 9. The van der Waals surface area contributed by atoms with Gasteiger partial charge in [0.2, 0.25) is 0 Å². The zero-order valence-corrected chi connectivity index (χ0v) is 78.8. The van der Waals surface area contributed by atoms with E-state index in [4.69, 9.17) is 69.3 Å². The Labute approximate surface area is 786 Å². The maximum Gasteiger partial charge on any atom is 0.488 e. The van der Waals surface area contributed by atoms with Crippen molar-refractivity contribution in [1.82, 2.24) is 59.7 Å². The molecule has 3 aromatic heterocycles. The van der Waals surface area contributed by atoms with Gasteiger partial charge in [-0.15, -0.1) is 12.4 Å². The van der Waals surface area contributed by atoms with E-state index in [0.29, 0.717) is 167 Å². The summed E-state index contributed by atoms with van der Waals surface area (Å²) in [5.74, 6) is -1.13. The molecule has 8 bridgehead atoms. The fraction of sp³-hybridized carbons (Fsp3) is 0.385. The molecule has 0 unspecified atom stereocenters. The minimum atomic E-state index is -1.60. The molecule has 0 saturated heterocycles. The Morgan fingerprint density at radius 2 is 0.955 bits per heavy atom. The maximum absolute atomic E-state index is 13.5. The topological polar surface area (TPSA) is 498 Å². The number of fused-ring (bicyclic) bond motifs is 26. The molecule has 0 fully saturated rings. The largest absolute Gasteiger partial charge is 0.489 e. The smallest absolute Gasteiger partial charge is 0.488 e. The number of nitrogens with one attached hydrogen (secondary N) is 4. The van der Waals surface area contributed by atoms with Crippen LogP contribution in [0.1, 0.15) is 121 Å². The van der Waals surface area contributed by atoms with Crippen molar-refractivity contribution in [3.8, 4) is 39.8 Å². The number of aromatic nitrogens is 6. The highest BCUT2D eigenvalue weighted by Crippen LogP contribution is 2.35. The lowest BCUT2D eigenvalue weighted by Crippen LogP contribution is -2.34. The summed E-state index contributed by atoms with van der Waals surface area (Å²) in [6.07, 6.45) is 3.31. The summed E-state index contributed by atoms with van der Waals surface area (Å²) in [5.41, 5.74) is 23.7. The van der Waals surface area contributed by atoms with Crippen LogP contribution in [0.25, 0.3) is 22.5 Å². The molecule has 0 atom stereocenters. The minimum Gasteiger partial charge on any atom is -0.489 e. The number of likely N-dealkylation sites (N-methyl/N-ethyl adjacent to an activating group) is 3. The lowest BCUT2D eigenvalue weighted by Gasteiger charge is -2.25. The Hall–Kier alpha value is -12.8. The van der Waals surface area contributed by atoms with E-state index in [-0.39, 0.29) is 131 Å². The van der Waals surface area contributed by atoms with Gasteiger partial charge < -0.3 is 125 Å². The highest BCUT2D eigenvalue weighted by molar-refractivity contribution is 9.10. The molecule has 42 heteroatoms. The fourth-order valence-electron chi connectivity index (χ4n) is 12.5. The number of carbonyl (C=O) groups excluding carboxylic acids is 8. The predicted molar refractivity (Wildman–Crippen MR) is 505 cm³/mol. The van der Waals surface area contributed by atoms with Crippen molar-refractivity contribution in [3.05, 3.63) is 201 Å². The average molecular weight is 1920 g/mol. The molecule has 4 aliphatic rings. The molecule has 712 valence electrons. The van der Waals surface area contributed by atoms with Gasteiger partial charge in [0.05, 0.1) is 139 Å². The number of para-hydroxylation sites is 3. The third-order valence-electron chi connectivity index (χ3n) is 19.2. The number of carbonyl (C=O) groups is 8. The van der Waals surface area contributed by atoms with Crippen LogP contribution in [0.3, 0.4) is 0 Å². The second kappa shape index (κ2) is 51.9. The van der Waals surface area contributed by atoms with E-state index < -0.39 is 48.2 Å². The Morgan fingerprint density at radius 1 is 0.526 bits per heavy atom. The van der Waals surface area contributed by atoms with Crippen LogP contribution in [-0.4, -0.2) is 291 Å². The number of nitrogens with zero attached hydrogens (tertiary/aromatic N) is 11. The van der Waals surface area contributed by atoms with Crippen LogP contribution in [-0.2, 0) is 57.5 Å². The molecule has 9 aromatic rings. The summed E-state index contributed by atoms with van der Waals surface area (Å²) < 4.78 is 63.3. The molecule has 8 amide bonds. The second-order valence-electron chi connectivity index (χ2n) is 31.9. The number of hydrogen-bond acceptors (Lipinski definition) is 31. The first-order chi connectivity index (χ1) is 63.1. The van der Waals surface area contributed by atoms with Crippen LogP contribution in [0.2, 0.25) is 0 Å². The van der Waals surface area contributed by atoms with Gasteiger partial charge >= 0.3 is 19.3 Å². The lowest BCUT2D eigenvalue weighted by atomic mass is 9.80. The number of halogens is 2. The third-order valence-corrected chi connectivity index (χ3v) is 19.6. The van der Waals surface area contributed by atoms with Crippen molar-refractivity contribution in [2.24, 2.45) is 0 Å². The van der Waals surface area contributed by atoms with Crippen molar-refractivity contribution in [2.75, 3.05) is 194 Å². The van der Waals surface area contributed by atoms with Gasteiger partial charge in [0.15, 0.2) is 34.5 Å². The Balaban J connectivity index is 0.000000246. The highest BCUT2D eigenvalue weighted by Gasteiger charge is 2.29. The van der Waals surface area contributed by atoms with Gasteiger partial charge in [0.1, 0.15) is 52.9 Å². The fourth-order valence-corrected chi connectivity index (χ4v) is 12.7. The highest BCUT2D eigenvalue weighted by atomic mass is 79.9. The van der Waals surface area contributed by atoms with Crippen molar-refractivity contribution < 1.29 is 101 Å². The van der Waals surface area contributed by atoms with E-state index in [2.05, 4.69) is 67.1 Å². The van der Waals surface area contributed by atoms with Crippen molar-refractivity contribution in [1.29, 1.82) is 0 Å². The summed E-state index contributed by atoms with van der Waals surface area (Å²) in [7, 11) is 8.53. The Kier molecular flexibility index (Phi) is 41.2. The van der Waals surface area contributed by atoms with Crippen LogP contribution in [0, 0.1) is 0 Å². The summed E-state index contributed by atoms with van der Waals surface area (Å²) in [6.45, 7) is 17.0. The summed E-state index contributed by atoms with van der Waals surface area (Å²) in [6, 6.07) is 35.7. The number of amides is 8. The van der Waals surface area contributed by atoms with Gasteiger partial charge in [-0.2, -0.15) is 0 Å². The summed E-state index contributed by atoms with van der Waals surface area (Å²) in [5, 5.41) is 30.0. The first kappa shape index (κ1) is 106. The molecule has 0 spiro atoms. The van der Waals surface area contributed by atoms with E-state index in [0.717, 1.165) is 5.56 Å². The van der Waals surface area contributed by atoms with E-state index >= 15 is 0 Å². The SMILES string of the molecule is CN(Cc1cccc(NC(=O)c2nc(Br)cnc2N)c1OCCOCCOCCN(C)C(=O)c1ccc(B(O)O)cc1)C(=O)OC(C)(C)C.CN(Cc1cccc2c1OCCOCCOCCN(C)C(=O)c1ccc(cc1)-c1cnc(N)c(n1)C(=O)N2)C(=O)OC(C)(C)C.CNCc1cccc2c1OCCOCCOCCN(C)C(=O)c1ccc(cc1)-c1cnc(N)c(n1)C(=O)N2.Cl. The average Bonchev–Trinajstić information content (AvgIpc) is 0.801. The van der Waals surface area contributed by atoms with Crippen LogP contribution in [0.15, 0.2) is 151 Å². The molecule has 0 radical (unpaired) electrons. The van der Waals surface area contributed by atoms with Crippen LogP contribution in [0.4, 0.5) is 44.1 Å². The lowest BCUT2D eigenvalue weighted by molar-refractivity contribution is 0.0266.